The lowest BCUT2D eigenvalue weighted by atomic mass is 10.1. The molecule has 0 aliphatic carbocycles. The summed E-state index contributed by atoms with van der Waals surface area (Å²) >= 11 is 0. The van der Waals surface area contributed by atoms with Gasteiger partial charge in [-0.3, -0.25) is 4.79 Å². The van der Waals surface area contributed by atoms with E-state index in [2.05, 4.69) is 10.4 Å². The molecule has 1 heterocycles. The van der Waals surface area contributed by atoms with Crippen molar-refractivity contribution < 1.29 is 26.4 Å². The monoisotopic (exact) mass is 438 g/mol. The fourth-order valence-corrected chi connectivity index (χ4v) is 3.22. The van der Waals surface area contributed by atoms with E-state index in [9.17, 15) is 26.4 Å². The van der Waals surface area contributed by atoms with Crippen LogP contribution in [0.2, 0.25) is 0 Å². The van der Waals surface area contributed by atoms with E-state index < -0.39 is 21.9 Å². The summed E-state index contributed by atoms with van der Waals surface area (Å²) in [5.41, 5.74) is -0.00199. The van der Waals surface area contributed by atoms with Crippen LogP contribution in [0.1, 0.15) is 19.0 Å². The molecule has 0 radical (unpaired) electrons. The molecular formula is C19H17F3N4O3S. The summed E-state index contributed by atoms with van der Waals surface area (Å²) in [5.74, 6) is -0.241. The molecule has 2 aromatic carbocycles. The van der Waals surface area contributed by atoms with Gasteiger partial charge in [-0.15, -0.1) is 0 Å². The van der Waals surface area contributed by atoms with Gasteiger partial charge in [0.1, 0.15) is 0 Å². The van der Waals surface area contributed by atoms with E-state index in [1.165, 1.54) is 30.3 Å². The standard InChI is InChI=1S/C19H17F3N4O3S/c1-2-18(27)24-13-5-3-4-12(10-13)16-11-17(19(20,21)22)25-26(16)14-6-8-15(9-7-14)30(23,28)29/h3-11H,2H2,1H3,(H,24,27)(H2,23,28,29). The van der Waals surface area contributed by atoms with Crippen molar-refractivity contribution in [1.82, 2.24) is 9.78 Å². The number of benzene rings is 2. The summed E-state index contributed by atoms with van der Waals surface area (Å²) in [6.45, 7) is 1.68. The third-order valence-electron chi connectivity index (χ3n) is 4.17. The largest absolute Gasteiger partial charge is 0.435 e. The highest BCUT2D eigenvalue weighted by Gasteiger charge is 2.35. The molecule has 3 rings (SSSR count). The van der Waals surface area contributed by atoms with E-state index in [1.54, 1.807) is 25.1 Å². The van der Waals surface area contributed by atoms with Crippen LogP contribution in [0, 0.1) is 0 Å². The van der Waals surface area contributed by atoms with Gasteiger partial charge in [0, 0.05) is 17.7 Å². The predicted octanol–water partition coefficient (Wildman–Crippen LogP) is 3.55. The van der Waals surface area contributed by atoms with Crippen molar-refractivity contribution in [1.29, 1.82) is 0 Å². The maximum absolute atomic E-state index is 13.3. The Morgan fingerprint density at radius 2 is 1.80 bits per heavy atom. The molecule has 0 fully saturated rings. The third kappa shape index (κ3) is 4.69. The first-order chi connectivity index (χ1) is 14.0. The van der Waals surface area contributed by atoms with Crippen molar-refractivity contribution in [3.05, 3.63) is 60.3 Å². The predicted molar refractivity (Wildman–Crippen MR) is 104 cm³/mol. The van der Waals surface area contributed by atoms with Gasteiger partial charge in [-0.2, -0.15) is 18.3 Å². The Kier molecular flexibility index (Phi) is 5.68. The van der Waals surface area contributed by atoms with Gasteiger partial charge < -0.3 is 5.32 Å². The van der Waals surface area contributed by atoms with E-state index in [0.29, 0.717) is 11.3 Å². The van der Waals surface area contributed by atoms with Crippen LogP contribution in [0.25, 0.3) is 16.9 Å². The highest BCUT2D eigenvalue weighted by atomic mass is 32.2. The van der Waals surface area contributed by atoms with Crippen molar-refractivity contribution in [2.45, 2.75) is 24.4 Å². The second kappa shape index (κ2) is 7.92. The van der Waals surface area contributed by atoms with Crippen LogP contribution >= 0.6 is 0 Å². The third-order valence-corrected chi connectivity index (χ3v) is 5.10. The van der Waals surface area contributed by atoms with E-state index in [-0.39, 0.29) is 28.6 Å². The number of nitrogens with two attached hydrogens (primary N) is 1. The maximum Gasteiger partial charge on any atom is 0.435 e. The van der Waals surface area contributed by atoms with Crippen LogP contribution in [0.15, 0.2) is 59.5 Å². The summed E-state index contributed by atoms with van der Waals surface area (Å²) in [4.78, 5) is 11.4. The second-order valence-electron chi connectivity index (χ2n) is 6.35. The number of amides is 1. The topological polar surface area (TPSA) is 107 Å². The van der Waals surface area contributed by atoms with Crippen LogP contribution < -0.4 is 10.5 Å². The van der Waals surface area contributed by atoms with E-state index >= 15 is 0 Å². The Labute approximate surface area is 170 Å². The number of hydrogen-bond acceptors (Lipinski definition) is 4. The van der Waals surface area contributed by atoms with E-state index in [1.807, 2.05) is 0 Å². The van der Waals surface area contributed by atoms with Crippen LogP contribution in [0.5, 0.6) is 0 Å². The summed E-state index contributed by atoms with van der Waals surface area (Å²) < 4.78 is 63.8. The molecule has 30 heavy (non-hydrogen) atoms. The SMILES string of the molecule is CCC(=O)Nc1cccc(-c2cc(C(F)(F)F)nn2-c2ccc(S(N)(=O)=O)cc2)c1. The zero-order valence-corrected chi connectivity index (χ0v) is 16.5. The normalized spacial score (nSPS) is 12.0. The molecule has 11 heteroatoms. The molecule has 3 aromatic rings. The first kappa shape index (κ1) is 21.5. The van der Waals surface area contributed by atoms with Gasteiger partial charge in [-0.25, -0.2) is 18.2 Å². The zero-order chi connectivity index (χ0) is 22.1. The quantitative estimate of drug-likeness (QED) is 0.635. The van der Waals surface area contributed by atoms with Crippen LogP contribution in [-0.4, -0.2) is 24.1 Å². The molecule has 0 bridgehead atoms. The van der Waals surface area contributed by atoms with Crippen molar-refractivity contribution in [2.75, 3.05) is 5.32 Å². The van der Waals surface area contributed by atoms with Gasteiger partial charge in [-0.1, -0.05) is 19.1 Å². The molecule has 0 aliphatic rings. The van der Waals surface area contributed by atoms with Gasteiger partial charge in [0.2, 0.25) is 15.9 Å². The molecule has 3 N–H and O–H groups in total. The van der Waals surface area contributed by atoms with Crippen molar-refractivity contribution >= 4 is 21.6 Å². The highest BCUT2D eigenvalue weighted by molar-refractivity contribution is 7.89. The van der Waals surface area contributed by atoms with Crippen LogP contribution in [0.4, 0.5) is 18.9 Å². The fourth-order valence-electron chi connectivity index (χ4n) is 2.70. The Balaban J connectivity index is 2.12. The Morgan fingerprint density at radius 3 is 2.37 bits per heavy atom. The number of carbonyl (C=O) groups is 1. The first-order valence-electron chi connectivity index (χ1n) is 8.70. The highest BCUT2D eigenvalue weighted by Crippen LogP contribution is 2.34. The number of hydrogen-bond donors (Lipinski definition) is 2. The Morgan fingerprint density at radius 1 is 1.13 bits per heavy atom. The lowest BCUT2D eigenvalue weighted by molar-refractivity contribution is -0.141. The molecule has 0 spiro atoms. The molecule has 0 atom stereocenters. The minimum absolute atomic E-state index is 0.110. The number of alkyl halides is 3. The summed E-state index contributed by atoms with van der Waals surface area (Å²) in [7, 11) is -3.95. The van der Waals surface area contributed by atoms with Crippen molar-refractivity contribution in [3.63, 3.8) is 0 Å². The summed E-state index contributed by atoms with van der Waals surface area (Å²) in [6.07, 6.45) is -4.44. The van der Waals surface area contributed by atoms with Gasteiger partial charge >= 0.3 is 6.18 Å². The van der Waals surface area contributed by atoms with E-state index in [4.69, 9.17) is 5.14 Å². The molecule has 7 nitrogen and oxygen atoms in total. The van der Waals surface area contributed by atoms with Gasteiger partial charge in [-0.05, 0) is 42.5 Å². The minimum Gasteiger partial charge on any atom is -0.326 e. The molecule has 0 saturated heterocycles. The van der Waals surface area contributed by atoms with Crippen LogP contribution in [-0.2, 0) is 21.0 Å². The number of sulfonamides is 1. The first-order valence-corrected chi connectivity index (χ1v) is 10.2. The number of rotatable bonds is 5. The number of halogens is 3. The molecule has 158 valence electrons. The van der Waals surface area contributed by atoms with Gasteiger partial charge in [0.05, 0.1) is 16.3 Å². The average molecular weight is 438 g/mol. The summed E-state index contributed by atoms with van der Waals surface area (Å²) in [5, 5.41) is 11.4. The van der Waals surface area contributed by atoms with Crippen molar-refractivity contribution in [3.8, 4) is 16.9 Å². The number of carbonyl (C=O) groups excluding carboxylic acids is 1. The summed E-state index contributed by atoms with van der Waals surface area (Å²) in [6, 6.07) is 12.2. The molecule has 1 amide bonds. The number of aromatic nitrogens is 2. The smallest absolute Gasteiger partial charge is 0.326 e. The lowest BCUT2D eigenvalue weighted by Crippen LogP contribution is -2.12. The zero-order valence-electron chi connectivity index (χ0n) is 15.6. The molecule has 0 aliphatic heterocycles. The number of nitrogens with one attached hydrogen (secondary N) is 1. The second-order valence-corrected chi connectivity index (χ2v) is 7.91. The molecule has 1 aromatic heterocycles. The molecular weight excluding hydrogens is 421 g/mol. The minimum atomic E-state index is -4.69. The molecule has 0 unspecified atom stereocenters. The van der Waals surface area contributed by atoms with Crippen molar-refractivity contribution in [2.24, 2.45) is 5.14 Å². The van der Waals surface area contributed by atoms with Gasteiger partial charge in [0.15, 0.2) is 5.69 Å². The van der Waals surface area contributed by atoms with Gasteiger partial charge in [0.25, 0.3) is 0 Å². The average Bonchev–Trinajstić information content (AvgIpc) is 3.13. The Bertz CT molecular complexity index is 1190. The van der Waals surface area contributed by atoms with E-state index in [0.717, 1.165) is 10.7 Å². The number of anilines is 1. The lowest BCUT2D eigenvalue weighted by Gasteiger charge is -2.10. The maximum atomic E-state index is 13.3. The number of primary sulfonamides is 1. The molecule has 0 saturated carbocycles. The fraction of sp³-hybridized carbons (Fsp3) is 0.158. The van der Waals surface area contributed by atoms with Crippen LogP contribution in [0.3, 0.4) is 0 Å². The number of nitrogens with zero attached hydrogens (tertiary/aromatic N) is 2. The Hall–Kier alpha value is -3.18.